The largest absolute Gasteiger partial charge is 0.310 e. The van der Waals surface area contributed by atoms with E-state index in [0.29, 0.717) is 0 Å². The fraction of sp³-hybridized carbons (Fsp3) is 0.0476. The normalized spacial score (nSPS) is 12.8. The summed E-state index contributed by atoms with van der Waals surface area (Å²) in [5.74, 6) is -0.565. The first-order chi connectivity index (χ1) is 33.8. The molecule has 10 aromatic carbocycles. The van der Waals surface area contributed by atoms with Crippen molar-refractivity contribution in [3.05, 3.63) is 253 Å². The fourth-order valence-corrected chi connectivity index (χ4v) is 11.0. The van der Waals surface area contributed by atoms with E-state index in [1.54, 1.807) is 0 Å². The summed E-state index contributed by atoms with van der Waals surface area (Å²) in [4.78, 5) is 4.47. The molecule has 0 atom stereocenters. The second-order valence-electron chi connectivity index (χ2n) is 18.5. The van der Waals surface area contributed by atoms with E-state index >= 15 is 0 Å². The maximum Gasteiger partial charge on any atom is 0.123 e. The predicted octanol–water partition coefficient (Wildman–Crippen LogP) is 17.4. The summed E-state index contributed by atoms with van der Waals surface area (Å²) >= 11 is 0. The number of hydrogen-bond acceptors (Lipinski definition) is 2. The average molecular weight is 895 g/mol. The zero-order valence-electron chi connectivity index (χ0n) is 38.0. The van der Waals surface area contributed by atoms with Gasteiger partial charge < -0.3 is 18.9 Å². The molecule has 4 nitrogen and oxygen atoms in total. The third-order valence-electron chi connectivity index (χ3n) is 14.2. The molecule has 0 aliphatic heterocycles. The molecule has 1 aliphatic rings. The van der Waals surface area contributed by atoms with Gasteiger partial charge in [-0.1, -0.05) is 98.8 Å². The summed E-state index contributed by atoms with van der Waals surface area (Å²) in [6.07, 6.45) is 0. The van der Waals surface area contributed by atoms with Crippen molar-refractivity contribution in [3.63, 3.8) is 0 Å². The lowest BCUT2D eigenvalue weighted by molar-refractivity contribution is 0.627. The van der Waals surface area contributed by atoms with E-state index in [0.717, 1.165) is 89.1 Å². The number of rotatable bonds is 8. The SMILES string of the molecule is CC1(C)c2cc(N(c3ccc(F)cc3)c3ccc4c(c3)c3ccccc3n4-c3ccccc3)ccc2-c2ccc(N(c3ccc(F)cc3)c3ccc4c(c3)c3ccccc3n4-c3ccccc3)cc21. The van der Waals surface area contributed by atoms with Gasteiger partial charge in [0, 0.05) is 72.5 Å². The molecule has 0 unspecified atom stereocenters. The van der Waals surface area contributed by atoms with E-state index < -0.39 is 5.41 Å². The number of para-hydroxylation sites is 4. The van der Waals surface area contributed by atoms with Crippen molar-refractivity contribution >= 4 is 77.7 Å². The van der Waals surface area contributed by atoms with Gasteiger partial charge in [-0.05, 0) is 168 Å². The highest BCUT2D eigenvalue weighted by atomic mass is 19.1. The summed E-state index contributed by atoms with van der Waals surface area (Å²) in [7, 11) is 0. The molecule has 13 rings (SSSR count). The Labute approximate surface area is 398 Å². The van der Waals surface area contributed by atoms with Crippen molar-refractivity contribution in [1.82, 2.24) is 9.13 Å². The van der Waals surface area contributed by atoms with Crippen LogP contribution in [0.25, 0.3) is 66.1 Å². The summed E-state index contributed by atoms with van der Waals surface area (Å²) in [5, 5.41) is 4.58. The Morgan fingerprint density at radius 2 is 0.652 bits per heavy atom. The lowest BCUT2D eigenvalue weighted by Gasteiger charge is -2.29. The van der Waals surface area contributed by atoms with Crippen LogP contribution < -0.4 is 9.80 Å². The van der Waals surface area contributed by atoms with Crippen LogP contribution >= 0.6 is 0 Å². The lowest BCUT2D eigenvalue weighted by Crippen LogP contribution is -2.17. The number of anilines is 6. The molecule has 0 saturated carbocycles. The van der Waals surface area contributed by atoms with Crippen LogP contribution in [0.15, 0.2) is 231 Å². The molecule has 2 aromatic heterocycles. The second-order valence-corrected chi connectivity index (χ2v) is 18.5. The van der Waals surface area contributed by atoms with Crippen LogP contribution in [0.4, 0.5) is 42.9 Å². The minimum Gasteiger partial charge on any atom is -0.310 e. The Bertz CT molecular complexity index is 3690. The number of nitrogens with zero attached hydrogens (tertiary/aromatic N) is 4. The van der Waals surface area contributed by atoms with Crippen LogP contribution in [-0.4, -0.2) is 9.13 Å². The van der Waals surface area contributed by atoms with Gasteiger partial charge in [0.2, 0.25) is 0 Å². The first-order valence-corrected chi connectivity index (χ1v) is 23.4. The minimum absolute atomic E-state index is 0.282. The third kappa shape index (κ3) is 6.47. The van der Waals surface area contributed by atoms with Crippen LogP contribution in [0.1, 0.15) is 25.0 Å². The van der Waals surface area contributed by atoms with E-state index in [4.69, 9.17) is 0 Å². The van der Waals surface area contributed by atoms with E-state index in [2.05, 4.69) is 203 Å². The first kappa shape index (κ1) is 40.5. The van der Waals surface area contributed by atoms with Crippen LogP contribution in [-0.2, 0) is 5.41 Å². The molecule has 0 N–H and O–H groups in total. The molecular weight excluding hydrogens is 851 g/mol. The van der Waals surface area contributed by atoms with E-state index in [1.807, 2.05) is 36.4 Å². The smallest absolute Gasteiger partial charge is 0.123 e. The molecule has 0 fully saturated rings. The van der Waals surface area contributed by atoms with Crippen LogP contribution in [0.2, 0.25) is 0 Å². The summed E-state index contributed by atoms with van der Waals surface area (Å²) in [6.45, 7) is 4.59. The van der Waals surface area contributed by atoms with Crippen LogP contribution in [0.3, 0.4) is 0 Å². The average Bonchev–Trinajstić information content (AvgIpc) is 3.98. The molecule has 69 heavy (non-hydrogen) atoms. The Morgan fingerprint density at radius 1 is 0.319 bits per heavy atom. The van der Waals surface area contributed by atoms with Crippen molar-refractivity contribution in [2.75, 3.05) is 9.80 Å². The van der Waals surface area contributed by atoms with Gasteiger partial charge >= 0.3 is 0 Å². The molecule has 0 saturated heterocycles. The van der Waals surface area contributed by atoms with Gasteiger partial charge in [0.25, 0.3) is 0 Å². The monoisotopic (exact) mass is 894 g/mol. The summed E-state index contributed by atoms with van der Waals surface area (Å²) in [5.41, 5.74) is 16.6. The molecule has 0 radical (unpaired) electrons. The standard InChI is InChI=1S/C63H44F2N4/c1-63(2)57-39-49(66(45-25-21-41(64)22-26-45)47-31-35-61-55(37-47)53-17-9-11-19-59(53)68(61)43-13-5-3-6-14-43)29-33-51(57)52-34-30-50(40-58(52)63)67(46-27-23-42(65)24-28-46)48-32-36-62-56(38-48)54-18-10-12-20-60(54)69(62)44-15-7-4-8-16-44/h3-40H,1-2H3. The molecule has 12 aromatic rings. The van der Waals surface area contributed by atoms with Gasteiger partial charge in [-0.15, -0.1) is 0 Å². The number of aromatic nitrogens is 2. The van der Waals surface area contributed by atoms with Crippen molar-refractivity contribution in [3.8, 4) is 22.5 Å². The van der Waals surface area contributed by atoms with Gasteiger partial charge in [-0.2, -0.15) is 0 Å². The van der Waals surface area contributed by atoms with Crippen molar-refractivity contribution in [1.29, 1.82) is 0 Å². The molecule has 2 heterocycles. The number of hydrogen-bond donors (Lipinski definition) is 0. The zero-order valence-corrected chi connectivity index (χ0v) is 38.0. The minimum atomic E-state index is -0.403. The van der Waals surface area contributed by atoms with Gasteiger partial charge in [0.1, 0.15) is 11.6 Å². The molecule has 0 bridgehead atoms. The van der Waals surface area contributed by atoms with Crippen molar-refractivity contribution < 1.29 is 8.78 Å². The topological polar surface area (TPSA) is 16.3 Å². The maximum absolute atomic E-state index is 14.6. The quantitative estimate of drug-likeness (QED) is 0.151. The second kappa shape index (κ2) is 15.7. The van der Waals surface area contributed by atoms with Crippen LogP contribution in [0, 0.1) is 11.6 Å². The first-order valence-electron chi connectivity index (χ1n) is 23.4. The molecule has 0 amide bonds. The molecule has 6 heteroatoms. The predicted molar refractivity (Wildman–Crippen MR) is 282 cm³/mol. The number of fused-ring (bicyclic) bond motifs is 9. The Morgan fingerprint density at radius 3 is 1.07 bits per heavy atom. The molecular formula is C63H44F2N4. The summed E-state index contributed by atoms with van der Waals surface area (Å²) < 4.78 is 33.9. The van der Waals surface area contributed by atoms with E-state index in [1.165, 1.54) is 46.5 Å². The van der Waals surface area contributed by atoms with Gasteiger partial charge in [-0.3, -0.25) is 0 Å². The highest BCUT2D eigenvalue weighted by Crippen LogP contribution is 2.53. The third-order valence-corrected chi connectivity index (χ3v) is 14.2. The van der Waals surface area contributed by atoms with Gasteiger partial charge in [-0.25, -0.2) is 8.78 Å². The lowest BCUT2D eigenvalue weighted by atomic mass is 9.82. The molecule has 0 spiro atoms. The van der Waals surface area contributed by atoms with Crippen molar-refractivity contribution in [2.45, 2.75) is 19.3 Å². The number of benzene rings is 10. The maximum atomic E-state index is 14.6. The van der Waals surface area contributed by atoms with Crippen LogP contribution in [0.5, 0.6) is 0 Å². The van der Waals surface area contributed by atoms with Crippen molar-refractivity contribution in [2.24, 2.45) is 0 Å². The fourth-order valence-electron chi connectivity index (χ4n) is 11.0. The number of halogens is 2. The molecule has 330 valence electrons. The highest BCUT2D eigenvalue weighted by Gasteiger charge is 2.37. The highest BCUT2D eigenvalue weighted by molar-refractivity contribution is 6.12. The Hall–Kier alpha value is -8.74. The molecule has 1 aliphatic carbocycles. The van der Waals surface area contributed by atoms with E-state index in [-0.39, 0.29) is 11.6 Å². The Balaban J connectivity index is 0.932. The Kier molecular flexibility index (Phi) is 9.21. The van der Waals surface area contributed by atoms with Gasteiger partial charge in [0.05, 0.1) is 22.1 Å². The van der Waals surface area contributed by atoms with Gasteiger partial charge in [0.15, 0.2) is 0 Å². The van der Waals surface area contributed by atoms with E-state index in [9.17, 15) is 8.78 Å². The zero-order chi connectivity index (χ0) is 46.4. The summed E-state index contributed by atoms with van der Waals surface area (Å²) in [6, 6.07) is 78.3.